The number of nitrogens with zero attached hydrogens (tertiary/aromatic N) is 4. The standard InChI is InChI=1S/C10H8BrFN4O2/c1-5(10(17)18)16-9(13-14-15-16)6-3-2-4-7(12)8(6)11/h2-5H,1H3,(H,17,18). The number of carbonyl (C=O) groups is 1. The van der Waals surface area contributed by atoms with Crippen molar-refractivity contribution in [1.29, 1.82) is 0 Å². The summed E-state index contributed by atoms with van der Waals surface area (Å²) in [6.07, 6.45) is 0. The van der Waals surface area contributed by atoms with Crippen LogP contribution in [0.15, 0.2) is 22.7 Å². The summed E-state index contributed by atoms with van der Waals surface area (Å²) in [4.78, 5) is 10.9. The van der Waals surface area contributed by atoms with Crippen LogP contribution in [-0.4, -0.2) is 31.3 Å². The molecular formula is C10H8BrFN4O2. The summed E-state index contributed by atoms with van der Waals surface area (Å²) in [7, 11) is 0. The molecule has 1 unspecified atom stereocenters. The molecule has 8 heteroatoms. The van der Waals surface area contributed by atoms with Crippen molar-refractivity contribution in [3.8, 4) is 11.4 Å². The zero-order valence-electron chi connectivity index (χ0n) is 9.21. The van der Waals surface area contributed by atoms with Crippen LogP contribution in [0.4, 0.5) is 4.39 Å². The van der Waals surface area contributed by atoms with Gasteiger partial charge in [0, 0.05) is 5.56 Å². The molecule has 1 aromatic carbocycles. The van der Waals surface area contributed by atoms with Crippen LogP contribution in [0.1, 0.15) is 13.0 Å². The Hall–Kier alpha value is -1.83. The highest BCUT2D eigenvalue weighted by atomic mass is 79.9. The first kappa shape index (κ1) is 12.6. The lowest BCUT2D eigenvalue weighted by molar-refractivity contribution is -0.140. The van der Waals surface area contributed by atoms with Gasteiger partial charge in [-0.3, -0.25) is 0 Å². The average molecular weight is 315 g/mol. The molecule has 18 heavy (non-hydrogen) atoms. The Morgan fingerprint density at radius 1 is 1.56 bits per heavy atom. The quantitative estimate of drug-likeness (QED) is 0.935. The molecule has 1 heterocycles. The summed E-state index contributed by atoms with van der Waals surface area (Å²) in [5.74, 6) is -1.35. The third-order valence-electron chi connectivity index (χ3n) is 2.41. The maximum absolute atomic E-state index is 13.4. The number of aliphatic carboxylic acids is 1. The molecule has 0 aliphatic rings. The van der Waals surface area contributed by atoms with E-state index in [-0.39, 0.29) is 10.3 Å². The van der Waals surface area contributed by atoms with Crippen LogP contribution in [0, 0.1) is 5.82 Å². The smallest absolute Gasteiger partial charge is 0.328 e. The van der Waals surface area contributed by atoms with Crippen LogP contribution in [0.3, 0.4) is 0 Å². The monoisotopic (exact) mass is 314 g/mol. The maximum Gasteiger partial charge on any atom is 0.328 e. The second kappa shape index (κ2) is 4.81. The van der Waals surface area contributed by atoms with Crippen molar-refractivity contribution in [2.75, 3.05) is 0 Å². The van der Waals surface area contributed by atoms with Crippen molar-refractivity contribution in [2.45, 2.75) is 13.0 Å². The number of carboxylic acids is 1. The van der Waals surface area contributed by atoms with Gasteiger partial charge in [0.1, 0.15) is 5.82 Å². The predicted molar refractivity (Wildman–Crippen MR) is 63.3 cm³/mol. The number of rotatable bonds is 3. The van der Waals surface area contributed by atoms with Crippen molar-refractivity contribution >= 4 is 21.9 Å². The molecule has 1 aromatic heterocycles. The minimum Gasteiger partial charge on any atom is -0.480 e. The molecule has 0 aliphatic heterocycles. The molecule has 1 N–H and O–H groups in total. The van der Waals surface area contributed by atoms with E-state index in [1.54, 1.807) is 6.07 Å². The lowest BCUT2D eigenvalue weighted by Crippen LogP contribution is -2.18. The number of hydrogen-bond donors (Lipinski definition) is 1. The fourth-order valence-electron chi connectivity index (χ4n) is 1.41. The van der Waals surface area contributed by atoms with E-state index in [1.165, 1.54) is 19.1 Å². The summed E-state index contributed by atoms with van der Waals surface area (Å²) in [6.45, 7) is 1.44. The molecule has 6 nitrogen and oxygen atoms in total. The molecule has 0 spiro atoms. The van der Waals surface area contributed by atoms with Gasteiger partial charge < -0.3 is 5.11 Å². The van der Waals surface area contributed by atoms with Gasteiger partial charge in [-0.05, 0) is 45.4 Å². The average Bonchev–Trinajstić information content (AvgIpc) is 2.80. The van der Waals surface area contributed by atoms with Crippen LogP contribution in [-0.2, 0) is 4.79 Å². The van der Waals surface area contributed by atoms with E-state index >= 15 is 0 Å². The first-order valence-corrected chi connectivity index (χ1v) is 5.76. The minimum absolute atomic E-state index is 0.191. The van der Waals surface area contributed by atoms with Crippen molar-refractivity contribution in [3.63, 3.8) is 0 Å². The van der Waals surface area contributed by atoms with Crippen molar-refractivity contribution in [2.24, 2.45) is 0 Å². The highest BCUT2D eigenvalue weighted by Gasteiger charge is 2.22. The van der Waals surface area contributed by atoms with Gasteiger partial charge in [0.15, 0.2) is 11.9 Å². The van der Waals surface area contributed by atoms with E-state index in [4.69, 9.17) is 5.11 Å². The van der Waals surface area contributed by atoms with E-state index in [2.05, 4.69) is 31.5 Å². The number of benzene rings is 1. The second-order valence-electron chi connectivity index (χ2n) is 3.56. The Morgan fingerprint density at radius 3 is 2.94 bits per heavy atom. The summed E-state index contributed by atoms with van der Waals surface area (Å²) in [5, 5.41) is 19.7. The van der Waals surface area contributed by atoms with Crippen LogP contribution >= 0.6 is 15.9 Å². The van der Waals surface area contributed by atoms with Crippen LogP contribution < -0.4 is 0 Å². The lowest BCUT2D eigenvalue weighted by Gasteiger charge is -2.09. The van der Waals surface area contributed by atoms with Gasteiger partial charge in [0.25, 0.3) is 0 Å². The van der Waals surface area contributed by atoms with Gasteiger partial charge in [0.2, 0.25) is 0 Å². The summed E-state index contributed by atoms with van der Waals surface area (Å²) in [6, 6.07) is 3.44. The third kappa shape index (κ3) is 2.10. The zero-order chi connectivity index (χ0) is 13.3. The van der Waals surface area contributed by atoms with Crippen molar-refractivity contribution < 1.29 is 14.3 Å². The van der Waals surface area contributed by atoms with E-state index < -0.39 is 17.8 Å². The zero-order valence-corrected chi connectivity index (χ0v) is 10.8. The highest BCUT2D eigenvalue weighted by Crippen LogP contribution is 2.29. The predicted octanol–water partition coefficient (Wildman–Crippen LogP) is 1.89. The van der Waals surface area contributed by atoms with Crippen LogP contribution in [0.5, 0.6) is 0 Å². The number of tetrazole rings is 1. The largest absolute Gasteiger partial charge is 0.480 e. The fourth-order valence-corrected chi connectivity index (χ4v) is 1.85. The Balaban J connectivity index is 2.56. The molecule has 2 aromatic rings. The normalized spacial score (nSPS) is 12.4. The Bertz CT molecular complexity index is 601. The fraction of sp³-hybridized carbons (Fsp3) is 0.200. The van der Waals surface area contributed by atoms with Gasteiger partial charge in [0.05, 0.1) is 4.47 Å². The number of halogens is 2. The summed E-state index contributed by atoms with van der Waals surface area (Å²) >= 11 is 3.09. The van der Waals surface area contributed by atoms with Gasteiger partial charge in [-0.15, -0.1) is 5.10 Å². The molecule has 0 bridgehead atoms. The Kier molecular flexibility index (Phi) is 3.37. The van der Waals surface area contributed by atoms with Crippen molar-refractivity contribution in [1.82, 2.24) is 20.2 Å². The second-order valence-corrected chi connectivity index (χ2v) is 4.36. The van der Waals surface area contributed by atoms with Gasteiger partial charge in [-0.25, -0.2) is 13.9 Å². The highest BCUT2D eigenvalue weighted by molar-refractivity contribution is 9.10. The number of aromatic nitrogens is 4. The number of carboxylic acid groups (broad SMARTS) is 1. The van der Waals surface area contributed by atoms with Crippen LogP contribution in [0.25, 0.3) is 11.4 Å². The molecule has 1 atom stereocenters. The summed E-state index contributed by atoms with van der Waals surface area (Å²) < 4.78 is 14.7. The SMILES string of the molecule is CC(C(=O)O)n1nnnc1-c1cccc(F)c1Br. The first-order valence-electron chi connectivity index (χ1n) is 4.97. The van der Waals surface area contributed by atoms with E-state index in [0.29, 0.717) is 5.56 Å². The van der Waals surface area contributed by atoms with Gasteiger partial charge in [-0.1, -0.05) is 6.07 Å². The number of hydrogen-bond acceptors (Lipinski definition) is 4. The molecule has 0 saturated carbocycles. The van der Waals surface area contributed by atoms with Crippen molar-refractivity contribution in [3.05, 3.63) is 28.5 Å². The van der Waals surface area contributed by atoms with Crippen LogP contribution in [0.2, 0.25) is 0 Å². The first-order chi connectivity index (χ1) is 8.52. The van der Waals surface area contributed by atoms with Gasteiger partial charge >= 0.3 is 5.97 Å². The Labute approximate surface area is 110 Å². The molecule has 0 fully saturated rings. The van der Waals surface area contributed by atoms with E-state index in [1.807, 2.05) is 0 Å². The summed E-state index contributed by atoms with van der Waals surface area (Å²) in [5.41, 5.74) is 0.396. The topological polar surface area (TPSA) is 80.9 Å². The minimum atomic E-state index is -1.07. The molecule has 0 amide bonds. The maximum atomic E-state index is 13.4. The molecule has 0 radical (unpaired) electrons. The molecule has 2 rings (SSSR count). The lowest BCUT2D eigenvalue weighted by atomic mass is 10.2. The third-order valence-corrected chi connectivity index (χ3v) is 3.22. The Morgan fingerprint density at radius 2 is 2.28 bits per heavy atom. The molecule has 0 aliphatic carbocycles. The van der Waals surface area contributed by atoms with E-state index in [0.717, 1.165) is 4.68 Å². The van der Waals surface area contributed by atoms with E-state index in [9.17, 15) is 9.18 Å². The molecule has 0 saturated heterocycles. The van der Waals surface area contributed by atoms with Gasteiger partial charge in [-0.2, -0.15) is 0 Å². The molecule has 94 valence electrons. The molecular weight excluding hydrogens is 307 g/mol.